The van der Waals surface area contributed by atoms with Crippen LogP contribution in [0, 0.1) is 17.2 Å². The third-order valence-electron chi connectivity index (χ3n) is 4.58. The minimum absolute atomic E-state index is 0.125. The van der Waals surface area contributed by atoms with Crippen LogP contribution in [0.1, 0.15) is 18.9 Å². The minimum atomic E-state index is -3.42. The van der Waals surface area contributed by atoms with Crippen LogP contribution in [0.25, 0.3) is 11.0 Å². The Morgan fingerprint density at radius 3 is 2.68 bits per heavy atom. The first kappa shape index (κ1) is 20.0. The van der Waals surface area contributed by atoms with Gasteiger partial charge in [-0.2, -0.15) is 5.26 Å². The van der Waals surface area contributed by atoms with Gasteiger partial charge in [0.1, 0.15) is 17.1 Å². The van der Waals surface area contributed by atoms with Gasteiger partial charge in [-0.15, -0.1) is 0 Å². The van der Waals surface area contributed by atoms with E-state index in [9.17, 15) is 18.5 Å². The number of hydrogen-bond acceptors (Lipinski definition) is 7. The Balaban J connectivity index is 1.79. The topological polar surface area (TPSA) is 128 Å². The zero-order chi connectivity index (χ0) is 20.3. The van der Waals surface area contributed by atoms with Crippen molar-refractivity contribution >= 4 is 32.7 Å². The van der Waals surface area contributed by atoms with Crippen molar-refractivity contribution in [3.63, 3.8) is 0 Å². The Morgan fingerprint density at radius 1 is 1.29 bits per heavy atom. The Bertz CT molecular complexity index is 1030. The van der Waals surface area contributed by atoms with Crippen molar-refractivity contribution in [2.24, 2.45) is 5.92 Å². The van der Waals surface area contributed by atoms with Gasteiger partial charge in [-0.25, -0.2) is 13.1 Å². The fourth-order valence-corrected chi connectivity index (χ4v) is 3.91. The quantitative estimate of drug-likeness (QED) is 0.740. The smallest absolute Gasteiger partial charge is 0.235 e. The fraction of sp³-hybridized carbons (Fsp3) is 0.444. The Hall–Kier alpha value is -2.77. The van der Waals surface area contributed by atoms with Crippen LogP contribution >= 0.6 is 0 Å². The number of piperidine rings is 1. The molecule has 3 rings (SSSR count). The van der Waals surface area contributed by atoms with Crippen molar-refractivity contribution in [3.8, 4) is 6.07 Å². The second-order valence-corrected chi connectivity index (χ2v) is 8.93. The largest absolute Gasteiger partial charge is 0.367 e. The van der Waals surface area contributed by atoms with Gasteiger partial charge >= 0.3 is 0 Å². The predicted octanol–water partition coefficient (Wildman–Crippen LogP) is 0.382. The fourth-order valence-electron chi connectivity index (χ4n) is 3.52. The highest BCUT2D eigenvalue weighted by Gasteiger charge is 2.27. The number of carbonyl (C=O) groups is 1. The lowest BCUT2D eigenvalue weighted by Gasteiger charge is -2.38. The molecule has 0 spiro atoms. The third-order valence-corrected chi connectivity index (χ3v) is 5.25. The van der Waals surface area contributed by atoms with Crippen molar-refractivity contribution in [2.45, 2.75) is 19.4 Å². The lowest BCUT2D eigenvalue weighted by atomic mass is 9.95. The Labute approximate surface area is 163 Å². The van der Waals surface area contributed by atoms with E-state index in [2.05, 4.69) is 37.9 Å². The maximum absolute atomic E-state index is 12.1. The zero-order valence-corrected chi connectivity index (χ0v) is 16.5. The van der Waals surface area contributed by atoms with E-state index in [4.69, 9.17) is 0 Å². The average Bonchev–Trinajstić information content (AvgIpc) is 2.64. The molecule has 1 aromatic heterocycles. The molecule has 1 aliphatic heterocycles. The molecule has 0 radical (unpaired) electrons. The highest BCUT2D eigenvalue weighted by Crippen LogP contribution is 2.30. The lowest BCUT2D eigenvalue weighted by Crippen LogP contribution is -2.52. The lowest BCUT2D eigenvalue weighted by molar-refractivity contribution is -0.120. The Kier molecular flexibility index (Phi) is 5.76. The second kappa shape index (κ2) is 8.08. The van der Waals surface area contributed by atoms with Gasteiger partial charge in [-0.05, 0) is 24.5 Å². The maximum atomic E-state index is 12.1. The Morgan fingerprint density at radius 2 is 2.00 bits per heavy atom. The molecular weight excluding hydrogens is 380 g/mol. The molecule has 10 heteroatoms. The van der Waals surface area contributed by atoms with Gasteiger partial charge in [0, 0.05) is 31.5 Å². The second-order valence-electron chi connectivity index (χ2n) is 7.10. The standard InChI is InChI=1S/C18H22N6O3S/c1-12-7-14(23-16(25)9-22-28(2,26)27)11-24(10-12)15-4-3-13(8-19)17-18(15)21-6-5-20-17/h3-6,12,14,22H,7,9-11H2,1-2H3,(H,23,25)/t12-,14+/m0/s1. The van der Waals surface area contributed by atoms with E-state index in [0.29, 0.717) is 29.1 Å². The molecule has 28 heavy (non-hydrogen) atoms. The molecular formula is C18H22N6O3S. The average molecular weight is 402 g/mol. The van der Waals surface area contributed by atoms with E-state index in [1.165, 1.54) is 0 Å². The molecule has 1 aromatic carbocycles. The number of amides is 1. The molecule has 2 N–H and O–H groups in total. The zero-order valence-electron chi connectivity index (χ0n) is 15.7. The van der Waals surface area contributed by atoms with E-state index >= 15 is 0 Å². The predicted molar refractivity (Wildman–Crippen MR) is 105 cm³/mol. The van der Waals surface area contributed by atoms with Gasteiger partial charge in [0.15, 0.2) is 0 Å². The summed E-state index contributed by atoms with van der Waals surface area (Å²) >= 11 is 0. The van der Waals surface area contributed by atoms with Crippen LogP contribution in [0.3, 0.4) is 0 Å². The van der Waals surface area contributed by atoms with Gasteiger partial charge in [0.2, 0.25) is 15.9 Å². The number of nitriles is 1. The molecule has 0 aliphatic carbocycles. The molecule has 148 valence electrons. The maximum Gasteiger partial charge on any atom is 0.235 e. The van der Waals surface area contributed by atoms with Crippen molar-refractivity contribution in [2.75, 3.05) is 30.8 Å². The molecule has 0 saturated carbocycles. The number of carbonyl (C=O) groups excluding carboxylic acids is 1. The summed E-state index contributed by atoms with van der Waals surface area (Å²) in [6, 6.07) is 5.60. The van der Waals surface area contributed by atoms with Crippen LogP contribution in [-0.4, -0.2) is 56.2 Å². The molecule has 0 bridgehead atoms. The summed E-state index contributed by atoms with van der Waals surface area (Å²) in [4.78, 5) is 22.9. The molecule has 2 heterocycles. The van der Waals surface area contributed by atoms with Gasteiger partial charge < -0.3 is 10.2 Å². The summed E-state index contributed by atoms with van der Waals surface area (Å²) in [5.74, 6) is -0.0572. The SMILES string of the molecule is C[C@H]1C[C@@H](NC(=O)CNS(C)(=O)=O)CN(c2ccc(C#N)c3nccnc23)C1. The minimum Gasteiger partial charge on any atom is -0.367 e. The van der Waals surface area contributed by atoms with E-state index in [1.807, 2.05) is 6.07 Å². The monoisotopic (exact) mass is 402 g/mol. The third kappa shape index (κ3) is 4.74. The van der Waals surface area contributed by atoms with Crippen LogP contribution < -0.4 is 14.9 Å². The van der Waals surface area contributed by atoms with Crippen LogP contribution in [0.4, 0.5) is 5.69 Å². The first-order valence-electron chi connectivity index (χ1n) is 8.89. The first-order chi connectivity index (χ1) is 13.3. The van der Waals surface area contributed by atoms with Gasteiger partial charge in [-0.3, -0.25) is 14.8 Å². The normalized spacial score (nSPS) is 20.0. The van der Waals surface area contributed by atoms with Gasteiger partial charge in [0.05, 0.1) is 24.1 Å². The summed E-state index contributed by atoms with van der Waals surface area (Å²) in [5, 5.41) is 12.2. The first-order valence-corrected chi connectivity index (χ1v) is 10.8. The number of benzene rings is 1. The summed E-state index contributed by atoms with van der Waals surface area (Å²) in [6.07, 6.45) is 4.96. The van der Waals surface area contributed by atoms with Crippen LogP contribution in [0.15, 0.2) is 24.5 Å². The molecule has 1 saturated heterocycles. The molecule has 1 aliphatic rings. The van der Waals surface area contributed by atoms with Crippen LogP contribution in [0.5, 0.6) is 0 Å². The van der Waals surface area contributed by atoms with E-state index < -0.39 is 10.0 Å². The highest BCUT2D eigenvalue weighted by atomic mass is 32.2. The number of hydrogen-bond donors (Lipinski definition) is 2. The molecule has 1 amide bonds. The summed E-state index contributed by atoms with van der Waals surface area (Å²) in [5.41, 5.74) is 2.54. The molecule has 0 unspecified atom stereocenters. The number of anilines is 1. The molecule has 2 aromatic rings. The number of rotatable bonds is 5. The summed E-state index contributed by atoms with van der Waals surface area (Å²) in [7, 11) is -3.42. The highest BCUT2D eigenvalue weighted by molar-refractivity contribution is 7.88. The number of nitrogens with one attached hydrogen (secondary N) is 2. The number of fused-ring (bicyclic) bond motifs is 1. The van der Waals surface area contributed by atoms with Gasteiger partial charge in [-0.1, -0.05) is 6.92 Å². The summed E-state index contributed by atoms with van der Waals surface area (Å²) < 4.78 is 24.5. The van der Waals surface area contributed by atoms with Crippen LogP contribution in [0.2, 0.25) is 0 Å². The molecule has 2 atom stereocenters. The molecule has 1 fully saturated rings. The number of sulfonamides is 1. The molecule has 9 nitrogen and oxygen atoms in total. The summed E-state index contributed by atoms with van der Waals surface area (Å²) in [6.45, 7) is 3.16. The van der Waals surface area contributed by atoms with E-state index in [0.717, 1.165) is 24.9 Å². The van der Waals surface area contributed by atoms with E-state index in [1.54, 1.807) is 18.5 Å². The number of aromatic nitrogens is 2. The van der Waals surface area contributed by atoms with Crippen molar-refractivity contribution < 1.29 is 13.2 Å². The van der Waals surface area contributed by atoms with Gasteiger partial charge in [0.25, 0.3) is 0 Å². The van der Waals surface area contributed by atoms with Crippen molar-refractivity contribution in [1.29, 1.82) is 5.26 Å². The number of nitrogens with zero attached hydrogens (tertiary/aromatic N) is 4. The van der Waals surface area contributed by atoms with Crippen molar-refractivity contribution in [3.05, 3.63) is 30.1 Å². The van der Waals surface area contributed by atoms with Crippen LogP contribution in [-0.2, 0) is 14.8 Å². The van der Waals surface area contributed by atoms with Crippen molar-refractivity contribution in [1.82, 2.24) is 20.0 Å². The van der Waals surface area contributed by atoms with E-state index in [-0.39, 0.29) is 18.5 Å².